The van der Waals surface area contributed by atoms with Crippen LogP contribution in [0.2, 0.25) is 0 Å². The van der Waals surface area contributed by atoms with E-state index in [2.05, 4.69) is 56.5 Å². The van der Waals surface area contributed by atoms with E-state index in [1.807, 2.05) is 24.3 Å². The number of esters is 1. The minimum atomic E-state index is -1.62. The molecule has 0 aromatic heterocycles. The Morgan fingerprint density at radius 1 is 0.556 bits per heavy atom. The molecule has 0 aromatic rings. The lowest BCUT2D eigenvalue weighted by Crippen LogP contribution is -2.61. The standard InChI is InChI=1S/C61H109NO10/c1-4-7-10-13-16-19-22-25-26-27-28-29-31-33-36-39-42-45-48-54(65)60(69)62-52(53(64)47-44-41-38-35-32-24-21-18-15-12-9-6-3)51-70-61-59(58(68)57(67)55(50-63)71-61)72-56(66)49-46-43-40-37-34-30-23-20-17-14-11-8-5-2/h8,11,14,17,20,23,25-26,44,47,52-55,57-59,61,63-65,67-68H,4-7,9-10,12-13,15-16,18-19,21-22,24,27-43,45-46,48-51H2,1-3H3,(H,62,69)/b11-8+,17-14+,23-20-,26-25+,47-44+. The Labute approximate surface area is 439 Å². The topological polar surface area (TPSA) is 175 Å². The molecular weight excluding hydrogens is 907 g/mol. The van der Waals surface area contributed by atoms with Gasteiger partial charge in [0.25, 0.3) is 0 Å². The number of rotatable bonds is 49. The molecule has 72 heavy (non-hydrogen) atoms. The molecular formula is C61H109NO10. The lowest BCUT2D eigenvalue weighted by molar-refractivity contribution is -0.305. The van der Waals surface area contributed by atoms with Crippen LogP contribution in [0.25, 0.3) is 0 Å². The molecule has 1 aliphatic rings. The quantitative estimate of drug-likeness (QED) is 0.0149. The van der Waals surface area contributed by atoms with Crippen LogP contribution in [0.15, 0.2) is 60.8 Å². The van der Waals surface area contributed by atoms with Gasteiger partial charge in [-0.3, -0.25) is 9.59 Å². The van der Waals surface area contributed by atoms with E-state index in [-0.39, 0.29) is 19.4 Å². The van der Waals surface area contributed by atoms with Gasteiger partial charge in [-0.1, -0.05) is 236 Å². The van der Waals surface area contributed by atoms with Gasteiger partial charge < -0.3 is 45.1 Å². The third-order valence-electron chi connectivity index (χ3n) is 13.7. The van der Waals surface area contributed by atoms with Crippen molar-refractivity contribution in [2.45, 2.75) is 301 Å². The highest BCUT2D eigenvalue weighted by atomic mass is 16.7. The van der Waals surface area contributed by atoms with Crippen molar-refractivity contribution < 1.29 is 49.3 Å². The maximum Gasteiger partial charge on any atom is 0.306 e. The van der Waals surface area contributed by atoms with Crippen LogP contribution in [-0.4, -0.2) is 99.6 Å². The summed E-state index contributed by atoms with van der Waals surface area (Å²) in [7, 11) is 0. The SMILES string of the molecule is CC/C=C/C=C/C=C\CCCCCCCC(=O)OC1C(OCC(NC(=O)C(O)CCCCCCCCCC/C=C/CCCCCCCC)C(O)/C=C/CCCCCCCCCCCC)OC(CO)C(O)C1O. The van der Waals surface area contributed by atoms with Gasteiger partial charge in [0.2, 0.25) is 5.91 Å². The summed E-state index contributed by atoms with van der Waals surface area (Å²) in [5, 5.41) is 56.8. The minimum Gasteiger partial charge on any atom is -0.454 e. The summed E-state index contributed by atoms with van der Waals surface area (Å²) < 4.78 is 17.5. The van der Waals surface area contributed by atoms with Crippen molar-refractivity contribution in [3.05, 3.63) is 60.8 Å². The fourth-order valence-electron chi connectivity index (χ4n) is 9.00. The summed E-state index contributed by atoms with van der Waals surface area (Å²) in [5.41, 5.74) is 0. The van der Waals surface area contributed by atoms with E-state index in [1.165, 1.54) is 122 Å². The van der Waals surface area contributed by atoms with Gasteiger partial charge in [0.1, 0.15) is 24.4 Å². The van der Waals surface area contributed by atoms with Crippen molar-refractivity contribution in [1.82, 2.24) is 5.32 Å². The van der Waals surface area contributed by atoms with Gasteiger partial charge in [0.05, 0.1) is 25.4 Å². The minimum absolute atomic E-state index is 0.0993. The molecule has 1 fully saturated rings. The normalized spacial score (nSPS) is 19.9. The number of aliphatic hydroxyl groups excluding tert-OH is 5. The van der Waals surface area contributed by atoms with Crippen molar-refractivity contribution in [2.75, 3.05) is 13.2 Å². The number of hydrogen-bond donors (Lipinski definition) is 6. The van der Waals surface area contributed by atoms with Gasteiger partial charge >= 0.3 is 5.97 Å². The van der Waals surface area contributed by atoms with Crippen molar-refractivity contribution >= 4 is 11.9 Å². The van der Waals surface area contributed by atoms with E-state index in [9.17, 15) is 35.1 Å². The number of allylic oxidation sites excluding steroid dienone is 9. The van der Waals surface area contributed by atoms with E-state index < -0.39 is 67.4 Å². The molecule has 6 N–H and O–H groups in total. The fraction of sp³-hybridized carbons (Fsp3) is 0.803. The number of carbonyl (C=O) groups excluding carboxylic acids is 2. The largest absolute Gasteiger partial charge is 0.454 e. The summed E-state index contributed by atoms with van der Waals surface area (Å²) in [5.74, 6) is -1.22. The lowest BCUT2D eigenvalue weighted by atomic mass is 9.99. The van der Waals surface area contributed by atoms with E-state index >= 15 is 0 Å². The molecule has 11 nitrogen and oxygen atoms in total. The second-order valence-electron chi connectivity index (χ2n) is 20.4. The Morgan fingerprint density at radius 3 is 1.53 bits per heavy atom. The van der Waals surface area contributed by atoms with Gasteiger partial charge in [-0.2, -0.15) is 0 Å². The Hall–Kier alpha value is -2.64. The Bertz CT molecular complexity index is 1400. The molecule has 0 saturated carbocycles. The zero-order valence-electron chi connectivity index (χ0n) is 46.0. The monoisotopic (exact) mass is 1020 g/mol. The first-order valence-corrected chi connectivity index (χ1v) is 29.6. The summed E-state index contributed by atoms with van der Waals surface area (Å²) in [6.45, 7) is 5.63. The lowest BCUT2D eigenvalue weighted by Gasteiger charge is -2.41. The number of unbranched alkanes of at least 4 members (excludes halogenated alkanes) is 29. The van der Waals surface area contributed by atoms with Gasteiger partial charge in [-0.25, -0.2) is 0 Å². The predicted octanol–water partition coefficient (Wildman–Crippen LogP) is 13.4. The molecule has 0 radical (unpaired) electrons. The molecule has 1 heterocycles. The van der Waals surface area contributed by atoms with Crippen molar-refractivity contribution in [2.24, 2.45) is 0 Å². The smallest absolute Gasteiger partial charge is 0.306 e. The second-order valence-corrected chi connectivity index (χ2v) is 20.4. The van der Waals surface area contributed by atoms with Crippen molar-refractivity contribution in [1.29, 1.82) is 0 Å². The first-order valence-electron chi connectivity index (χ1n) is 29.6. The molecule has 8 unspecified atom stereocenters. The van der Waals surface area contributed by atoms with Gasteiger partial charge in [-0.15, -0.1) is 0 Å². The number of hydrogen-bond acceptors (Lipinski definition) is 10. The highest BCUT2D eigenvalue weighted by Crippen LogP contribution is 2.26. The molecule has 0 aromatic carbocycles. The average molecular weight is 1020 g/mol. The number of amides is 1. The van der Waals surface area contributed by atoms with Gasteiger partial charge in [0, 0.05) is 6.42 Å². The van der Waals surface area contributed by atoms with Crippen LogP contribution in [0.4, 0.5) is 0 Å². The fourth-order valence-corrected chi connectivity index (χ4v) is 9.00. The molecule has 418 valence electrons. The van der Waals surface area contributed by atoms with E-state index in [1.54, 1.807) is 6.08 Å². The van der Waals surface area contributed by atoms with E-state index in [0.29, 0.717) is 12.8 Å². The zero-order chi connectivity index (χ0) is 52.5. The predicted molar refractivity (Wildman–Crippen MR) is 296 cm³/mol. The third-order valence-corrected chi connectivity index (χ3v) is 13.7. The third kappa shape index (κ3) is 37.1. The molecule has 1 aliphatic heterocycles. The summed E-state index contributed by atoms with van der Waals surface area (Å²) in [6, 6.07) is -1.03. The number of carbonyl (C=O) groups is 2. The van der Waals surface area contributed by atoms with Gasteiger partial charge in [0.15, 0.2) is 12.4 Å². The molecule has 0 spiro atoms. The van der Waals surface area contributed by atoms with Crippen LogP contribution in [0, 0.1) is 0 Å². The zero-order valence-corrected chi connectivity index (χ0v) is 46.0. The molecule has 11 heteroatoms. The Kier molecular flexibility index (Phi) is 46.1. The molecule has 1 saturated heterocycles. The average Bonchev–Trinajstić information content (AvgIpc) is 3.38. The van der Waals surface area contributed by atoms with Crippen LogP contribution < -0.4 is 5.32 Å². The second kappa shape index (κ2) is 49.2. The molecule has 8 atom stereocenters. The molecule has 0 aliphatic carbocycles. The maximum atomic E-state index is 13.4. The van der Waals surface area contributed by atoms with Crippen molar-refractivity contribution in [3.63, 3.8) is 0 Å². The Morgan fingerprint density at radius 2 is 1.01 bits per heavy atom. The van der Waals surface area contributed by atoms with Crippen LogP contribution in [0.5, 0.6) is 0 Å². The molecule has 0 bridgehead atoms. The summed E-state index contributed by atoms with van der Waals surface area (Å²) in [4.78, 5) is 26.5. The van der Waals surface area contributed by atoms with Crippen LogP contribution in [-0.2, 0) is 23.8 Å². The number of ether oxygens (including phenoxy) is 3. The molecule has 1 rings (SSSR count). The number of aliphatic hydroxyl groups is 5. The summed E-state index contributed by atoms with van der Waals surface area (Å²) >= 11 is 0. The number of nitrogens with one attached hydrogen (secondary N) is 1. The summed E-state index contributed by atoms with van der Waals surface area (Å²) in [6.07, 6.45) is 49.8. The van der Waals surface area contributed by atoms with E-state index in [4.69, 9.17) is 14.2 Å². The highest BCUT2D eigenvalue weighted by Gasteiger charge is 2.47. The first kappa shape index (κ1) is 67.4. The van der Waals surface area contributed by atoms with Crippen LogP contribution in [0.1, 0.15) is 252 Å². The maximum absolute atomic E-state index is 13.4. The Balaban J connectivity index is 2.71. The van der Waals surface area contributed by atoms with E-state index in [0.717, 1.165) is 83.5 Å². The van der Waals surface area contributed by atoms with Crippen LogP contribution >= 0.6 is 0 Å². The first-order chi connectivity index (χ1) is 35.2. The van der Waals surface area contributed by atoms with Gasteiger partial charge in [-0.05, 0) is 70.6 Å². The van der Waals surface area contributed by atoms with Crippen LogP contribution in [0.3, 0.4) is 0 Å². The highest BCUT2D eigenvalue weighted by molar-refractivity contribution is 5.80. The molecule has 1 amide bonds. The van der Waals surface area contributed by atoms with Crippen molar-refractivity contribution in [3.8, 4) is 0 Å².